The molecule has 7 heteroatoms. The molecule has 0 spiro atoms. The molecule has 1 aliphatic heterocycles. The second-order valence-electron chi connectivity index (χ2n) is 8.15. The second-order valence-corrected chi connectivity index (χ2v) is 8.15. The first kappa shape index (κ1) is 22.4. The van der Waals surface area contributed by atoms with E-state index in [9.17, 15) is 19.8 Å². The zero-order valence-corrected chi connectivity index (χ0v) is 18.4. The summed E-state index contributed by atoms with van der Waals surface area (Å²) in [6.07, 6.45) is 4.08. The number of hydrogen-bond donors (Lipinski definition) is 2. The van der Waals surface area contributed by atoms with Gasteiger partial charge in [0.1, 0.15) is 11.5 Å². The first-order chi connectivity index (χ1) is 14.7. The summed E-state index contributed by atoms with van der Waals surface area (Å²) in [5, 5.41) is 19.8. The highest BCUT2D eigenvalue weighted by Crippen LogP contribution is 2.30. The fourth-order valence-electron chi connectivity index (χ4n) is 3.72. The standard InChI is InChI=1S/C24H29N3O4/c1-16-12-20(28)14-21(29)23(16)24(31)27-11-9-17-7-8-19(13-18(17)15-27)26(4)22(30)6-5-10-25(2)3/h5-8,12-14,28-29H,9-11,15H2,1-4H3/b6-5+. The van der Waals surface area contributed by atoms with Crippen LogP contribution in [0.4, 0.5) is 5.69 Å². The average molecular weight is 424 g/mol. The summed E-state index contributed by atoms with van der Waals surface area (Å²) in [5.74, 6) is -0.693. The average Bonchev–Trinajstić information content (AvgIpc) is 2.71. The van der Waals surface area contributed by atoms with Crippen molar-refractivity contribution in [3.05, 3.63) is 64.7 Å². The van der Waals surface area contributed by atoms with Gasteiger partial charge >= 0.3 is 0 Å². The van der Waals surface area contributed by atoms with Crippen molar-refractivity contribution in [2.75, 3.05) is 39.1 Å². The van der Waals surface area contributed by atoms with Crippen molar-refractivity contribution in [2.24, 2.45) is 0 Å². The largest absolute Gasteiger partial charge is 0.508 e. The highest BCUT2D eigenvalue weighted by Gasteiger charge is 2.26. The Kier molecular flexibility index (Phi) is 6.65. The maximum atomic E-state index is 13.1. The molecule has 0 saturated carbocycles. The molecule has 0 aromatic heterocycles. The SMILES string of the molecule is Cc1cc(O)cc(O)c1C(=O)N1CCc2ccc(N(C)C(=O)/C=C/CN(C)C)cc2C1. The lowest BCUT2D eigenvalue weighted by Crippen LogP contribution is -2.36. The molecule has 0 saturated heterocycles. The van der Waals surface area contributed by atoms with Gasteiger partial charge in [-0.25, -0.2) is 0 Å². The zero-order valence-electron chi connectivity index (χ0n) is 18.4. The van der Waals surface area contributed by atoms with Crippen LogP contribution in [0.3, 0.4) is 0 Å². The van der Waals surface area contributed by atoms with Crippen molar-refractivity contribution >= 4 is 17.5 Å². The first-order valence-electron chi connectivity index (χ1n) is 10.2. The zero-order chi connectivity index (χ0) is 22.7. The molecular formula is C24H29N3O4. The van der Waals surface area contributed by atoms with Crippen molar-refractivity contribution in [3.63, 3.8) is 0 Å². The molecule has 0 radical (unpaired) electrons. The summed E-state index contributed by atoms with van der Waals surface area (Å²) >= 11 is 0. The summed E-state index contributed by atoms with van der Waals surface area (Å²) in [4.78, 5) is 30.8. The minimum atomic E-state index is -0.276. The van der Waals surface area contributed by atoms with E-state index >= 15 is 0 Å². The predicted octanol–water partition coefficient (Wildman–Crippen LogP) is 2.69. The van der Waals surface area contributed by atoms with E-state index in [0.717, 1.165) is 16.8 Å². The van der Waals surface area contributed by atoms with Crippen molar-refractivity contribution in [3.8, 4) is 11.5 Å². The molecule has 0 unspecified atom stereocenters. The summed E-state index contributed by atoms with van der Waals surface area (Å²) in [6, 6.07) is 8.51. The maximum Gasteiger partial charge on any atom is 0.258 e. The molecule has 2 aromatic rings. The van der Waals surface area contributed by atoms with Gasteiger partial charge in [-0.15, -0.1) is 0 Å². The highest BCUT2D eigenvalue weighted by molar-refractivity contribution is 6.01. The Morgan fingerprint density at radius 3 is 2.52 bits per heavy atom. The molecule has 0 atom stereocenters. The third-order valence-corrected chi connectivity index (χ3v) is 5.45. The molecule has 2 aromatic carbocycles. The number of benzene rings is 2. The van der Waals surface area contributed by atoms with Gasteiger partial charge in [0.15, 0.2) is 0 Å². The van der Waals surface area contributed by atoms with Crippen LogP contribution in [0, 0.1) is 6.92 Å². The minimum absolute atomic E-state index is 0.0764. The molecule has 164 valence electrons. The molecule has 1 heterocycles. The molecular weight excluding hydrogens is 394 g/mol. The number of aromatic hydroxyl groups is 2. The maximum absolute atomic E-state index is 13.1. The van der Waals surface area contributed by atoms with Crippen LogP contribution in [0.5, 0.6) is 11.5 Å². The van der Waals surface area contributed by atoms with Crippen molar-refractivity contribution < 1.29 is 19.8 Å². The Bertz CT molecular complexity index is 1010. The first-order valence-corrected chi connectivity index (χ1v) is 10.2. The molecule has 2 N–H and O–H groups in total. The van der Waals surface area contributed by atoms with Crippen LogP contribution < -0.4 is 4.90 Å². The van der Waals surface area contributed by atoms with Gasteiger partial charge in [-0.3, -0.25) is 9.59 Å². The number of nitrogens with zero attached hydrogens (tertiary/aromatic N) is 3. The lowest BCUT2D eigenvalue weighted by Gasteiger charge is -2.30. The number of carbonyl (C=O) groups is 2. The van der Waals surface area contributed by atoms with Crippen molar-refractivity contribution in [1.29, 1.82) is 0 Å². The fourth-order valence-corrected chi connectivity index (χ4v) is 3.72. The lowest BCUT2D eigenvalue weighted by molar-refractivity contribution is -0.113. The summed E-state index contributed by atoms with van der Waals surface area (Å²) in [5.41, 5.74) is 3.61. The van der Waals surface area contributed by atoms with Crippen molar-refractivity contribution in [2.45, 2.75) is 19.9 Å². The molecule has 0 fully saturated rings. The number of phenols is 2. The van der Waals surface area contributed by atoms with E-state index in [4.69, 9.17) is 0 Å². The Morgan fingerprint density at radius 1 is 1.10 bits per heavy atom. The van der Waals surface area contributed by atoms with E-state index < -0.39 is 0 Å². The van der Waals surface area contributed by atoms with Crippen molar-refractivity contribution in [1.82, 2.24) is 9.80 Å². The fraction of sp³-hybridized carbons (Fsp3) is 0.333. The summed E-state index contributed by atoms with van der Waals surface area (Å²) < 4.78 is 0. The quantitative estimate of drug-likeness (QED) is 0.723. The number of rotatable bonds is 5. The van der Waals surface area contributed by atoms with Gasteiger partial charge < -0.3 is 24.9 Å². The molecule has 0 bridgehead atoms. The van der Waals surface area contributed by atoms with Gasteiger partial charge in [0.25, 0.3) is 5.91 Å². The summed E-state index contributed by atoms with van der Waals surface area (Å²) in [6.45, 7) is 3.30. The van der Waals surface area contributed by atoms with Crippen LogP contribution in [-0.4, -0.2) is 66.1 Å². The van der Waals surface area contributed by atoms with Gasteiger partial charge in [0.2, 0.25) is 5.91 Å². The molecule has 3 rings (SSSR count). The van der Waals surface area contributed by atoms with E-state index in [1.165, 1.54) is 12.1 Å². The topological polar surface area (TPSA) is 84.3 Å². The molecule has 2 amide bonds. The number of carbonyl (C=O) groups excluding carboxylic acids is 2. The third-order valence-electron chi connectivity index (χ3n) is 5.45. The molecule has 1 aliphatic rings. The van der Waals surface area contributed by atoms with Gasteiger partial charge in [-0.1, -0.05) is 12.1 Å². The van der Waals surface area contributed by atoms with Crippen LogP contribution in [0.1, 0.15) is 27.0 Å². The van der Waals surface area contributed by atoms with Gasteiger partial charge in [-0.05, 0) is 62.3 Å². The predicted molar refractivity (Wildman–Crippen MR) is 120 cm³/mol. The van der Waals surface area contributed by atoms with Gasteiger partial charge in [0, 0.05) is 44.5 Å². The van der Waals surface area contributed by atoms with E-state index in [0.29, 0.717) is 31.6 Å². The Labute approximate surface area is 182 Å². The van der Waals surface area contributed by atoms with Crippen LogP contribution in [0.2, 0.25) is 0 Å². The lowest BCUT2D eigenvalue weighted by atomic mass is 9.97. The smallest absolute Gasteiger partial charge is 0.258 e. The van der Waals surface area contributed by atoms with Gasteiger partial charge in [-0.2, -0.15) is 0 Å². The van der Waals surface area contributed by atoms with E-state index in [1.807, 2.05) is 43.3 Å². The number of likely N-dealkylation sites (N-methyl/N-ethyl adjacent to an activating group) is 2. The van der Waals surface area contributed by atoms with Crippen LogP contribution in [-0.2, 0) is 17.8 Å². The molecule has 31 heavy (non-hydrogen) atoms. The van der Waals surface area contributed by atoms with Crippen LogP contribution in [0.15, 0.2) is 42.5 Å². The third kappa shape index (κ3) is 5.06. The van der Waals surface area contributed by atoms with E-state index in [-0.39, 0.29) is 28.9 Å². The monoisotopic (exact) mass is 423 g/mol. The number of amides is 2. The van der Waals surface area contributed by atoms with E-state index in [2.05, 4.69) is 0 Å². The molecule has 7 nitrogen and oxygen atoms in total. The van der Waals surface area contributed by atoms with Gasteiger partial charge in [0.05, 0.1) is 5.56 Å². The second kappa shape index (κ2) is 9.22. The van der Waals surface area contributed by atoms with E-state index in [1.54, 1.807) is 29.8 Å². The van der Waals surface area contributed by atoms with Crippen LogP contribution in [0.25, 0.3) is 0 Å². The minimum Gasteiger partial charge on any atom is -0.508 e. The Hall–Kier alpha value is -3.32. The summed E-state index contributed by atoms with van der Waals surface area (Å²) in [7, 11) is 5.61. The number of fused-ring (bicyclic) bond motifs is 1. The normalized spacial score (nSPS) is 13.5. The number of phenolic OH excluding ortho intramolecular Hbond substituents is 2. The number of anilines is 1. The molecule has 0 aliphatic carbocycles. The number of hydrogen-bond acceptors (Lipinski definition) is 5. The number of aryl methyl sites for hydroxylation is 1. The highest BCUT2D eigenvalue weighted by atomic mass is 16.3. The Morgan fingerprint density at radius 2 is 1.84 bits per heavy atom. The van der Waals surface area contributed by atoms with Crippen LogP contribution >= 0.6 is 0 Å². The Balaban J connectivity index is 1.79.